The number of aromatic nitrogens is 2. The molecular formula is C15H15IN2. The fraction of sp³-hybridized carbons (Fsp3) is 0.133. The Morgan fingerprint density at radius 3 is 2.56 bits per heavy atom. The quantitative estimate of drug-likeness (QED) is 0.479. The summed E-state index contributed by atoms with van der Waals surface area (Å²) >= 11 is 0. The summed E-state index contributed by atoms with van der Waals surface area (Å²) < 4.78 is 2.05. The Labute approximate surface area is 124 Å². The standard InChI is InChI=1S/C15H15N2.HI/c1-17-8-6-12(7-9-17)10-13-11-16-15-5-3-2-4-14(13)15;/h2-9,11,16H,10H2,1H3;1H/q+1;/p-1. The number of hydrogen-bond donors (Lipinski definition) is 1. The van der Waals surface area contributed by atoms with E-state index in [0.717, 1.165) is 6.42 Å². The van der Waals surface area contributed by atoms with Crippen molar-refractivity contribution in [2.75, 3.05) is 0 Å². The second kappa shape index (κ2) is 5.52. The van der Waals surface area contributed by atoms with Gasteiger partial charge in [-0.05, 0) is 23.6 Å². The molecule has 1 N–H and O–H groups in total. The molecule has 2 heterocycles. The normalized spacial score (nSPS) is 10.3. The number of H-pyrrole nitrogens is 1. The van der Waals surface area contributed by atoms with Crippen LogP contribution in [0.5, 0.6) is 0 Å². The summed E-state index contributed by atoms with van der Waals surface area (Å²) in [7, 11) is 2.04. The molecule has 0 spiro atoms. The maximum Gasteiger partial charge on any atom is 0.168 e. The van der Waals surface area contributed by atoms with Crippen LogP contribution in [0.2, 0.25) is 0 Å². The van der Waals surface area contributed by atoms with Gasteiger partial charge in [0.05, 0.1) is 0 Å². The average Bonchev–Trinajstić information content (AvgIpc) is 2.76. The van der Waals surface area contributed by atoms with Crippen LogP contribution in [0.15, 0.2) is 55.0 Å². The number of aryl methyl sites for hydroxylation is 1. The lowest BCUT2D eigenvalue weighted by molar-refractivity contribution is -0.671. The molecule has 0 bridgehead atoms. The van der Waals surface area contributed by atoms with Gasteiger partial charge in [0, 0.05) is 29.2 Å². The molecule has 0 saturated carbocycles. The van der Waals surface area contributed by atoms with Crippen LogP contribution in [0, 0.1) is 0 Å². The number of pyridine rings is 1. The van der Waals surface area contributed by atoms with Crippen molar-refractivity contribution >= 4 is 10.9 Å². The van der Waals surface area contributed by atoms with Crippen LogP contribution in [0.1, 0.15) is 11.1 Å². The third-order valence-electron chi connectivity index (χ3n) is 3.12. The summed E-state index contributed by atoms with van der Waals surface area (Å²) in [6.07, 6.45) is 7.26. The zero-order valence-electron chi connectivity index (χ0n) is 10.2. The average molecular weight is 350 g/mol. The molecule has 0 amide bonds. The number of para-hydroxylation sites is 1. The van der Waals surface area contributed by atoms with Gasteiger partial charge in [0.2, 0.25) is 0 Å². The number of aromatic amines is 1. The highest BCUT2D eigenvalue weighted by molar-refractivity contribution is 5.83. The lowest BCUT2D eigenvalue weighted by Crippen LogP contribution is -3.00. The van der Waals surface area contributed by atoms with Crippen molar-refractivity contribution in [3.8, 4) is 0 Å². The first-order chi connectivity index (χ1) is 8.33. The van der Waals surface area contributed by atoms with Crippen molar-refractivity contribution in [1.29, 1.82) is 0 Å². The van der Waals surface area contributed by atoms with E-state index >= 15 is 0 Å². The van der Waals surface area contributed by atoms with Gasteiger partial charge in [-0.25, -0.2) is 4.57 Å². The van der Waals surface area contributed by atoms with E-state index in [0.29, 0.717) is 0 Å². The summed E-state index contributed by atoms with van der Waals surface area (Å²) in [4.78, 5) is 3.31. The third-order valence-corrected chi connectivity index (χ3v) is 3.12. The largest absolute Gasteiger partial charge is 1.00 e. The SMILES string of the molecule is C[n+]1ccc(Cc2c[nH]c3ccccc23)cc1.[I-]. The Kier molecular flexibility index (Phi) is 4.01. The number of fused-ring (bicyclic) bond motifs is 1. The summed E-state index contributed by atoms with van der Waals surface area (Å²) in [5.41, 5.74) is 3.91. The van der Waals surface area contributed by atoms with E-state index < -0.39 is 0 Å². The van der Waals surface area contributed by atoms with Crippen molar-refractivity contribution in [1.82, 2.24) is 4.98 Å². The van der Waals surface area contributed by atoms with E-state index in [9.17, 15) is 0 Å². The molecular weight excluding hydrogens is 335 g/mol. The fourth-order valence-corrected chi connectivity index (χ4v) is 2.15. The summed E-state index contributed by atoms with van der Waals surface area (Å²) in [5.74, 6) is 0. The van der Waals surface area contributed by atoms with E-state index in [2.05, 4.69) is 64.5 Å². The highest BCUT2D eigenvalue weighted by Crippen LogP contribution is 2.20. The highest BCUT2D eigenvalue weighted by atomic mass is 127. The van der Waals surface area contributed by atoms with E-state index in [1.54, 1.807) is 0 Å². The van der Waals surface area contributed by atoms with E-state index in [1.807, 2.05) is 7.05 Å². The Hall–Kier alpha value is -1.36. The van der Waals surface area contributed by atoms with Crippen LogP contribution >= 0.6 is 0 Å². The van der Waals surface area contributed by atoms with Gasteiger partial charge in [-0.1, -0.05) is 18.2 Å². The van der Waals surface area contributed by atoms with Gasteiger partial charge in [-0.2, -0.15) is 0 Å². The predicted molar refractivity (Wildman–Crippen MR) is 68.7 cm³/mol. The number of nitrogens with zero attached hydrogens (tertiary/aromatic N) is 1. The molecule has 0 radical (unpaired) electrons. The minimum absolute atomic E-state index is 0. The van der Waals surface area contributed by atoms with E-state index in [-0.39, 0.29) is 24.0 Å². The Morgan fingerprint density at radius 2 is 1.78 bits per heavy atom. The molecule has 3 aromatic rings. The first-order valence-electron chi connectivity index (χ1n) is 5.82. The van der Waals surface area contributed by atoms with Gasteiger partial charge >= 0.3 is 0 Å². The number of rotatable bonds is 2. The van der Waals surface area contributed by atoms with Gasteiger partial charge in [0.1, 0.15) is 7.05 Å². The van der Waals surface area contributed by atoms with Gasteiger partial charge in [0.25, 0.3) is 0 Å². The predicted octanol–water partition coefficient (Wildman–Crippen LogP) is -0.413. The molecule has 3 rings (SSSR count). The highest BCUT2D eigenvalue weighted by Gasteiger charge is 2.04. The minimum atomic E-state index is 0. The molecule has 0 aliphatic heterocycles. The van der Waals surface area contributed by atoms with Crippen LogP contribution in [0.25, 0.3) is 10.9 Å². The first-order valence-corrected chi connectivity index (χ1v) is 5.82. The Morgan fingerprint density at radius 1 is 1.06 bits per heavy atom. The number of benzene rings is 1. The molecule has 2 aromatic heterocycles. The second-order valence-electron chi connectivity index (χ2n) is 4.41. The van der Waals surface area contributed by atoms with E-state index in [1.165, 1.54) is 22.0 Å². The lowest BCUT2D eigenvalue weighted by atomic mass is 10.1. The Balaban J connectivity index is 0.00000120. The van der Waals surface area contributed by atoms with Crippen molar-refractivity contribution in [3.63, 3.8) is 0 Å². The Bertz CT molecular complexity index is 641. The van der Waals surface area contributed by atoms with Crippen LogP contribution in [0.3, 0.4) is 0 Å². The fourth-order valence-electron chi connectivity index (χ4n) is 2.15. The molecule has 0 atom stereocenters. The van der Waals surface area contributed by atoms with Crippen LogP contribution in [-0.2, 0) is 13.5 Å². The summed E-state index contributed by atoms with van der Waals surface area (Å²) in [6.45, 7) is 0. The topological polar surface area (TPSA) is 19.7 Å². The maximum absolute atomic E-state index is 3.31. The molecule has 2 nitrogen and oxygen atoms in total. The van der Waals surface area contributed by atoms with Gasteiger partial charge in [-0.15, -0.1) is 0 Å². The zero-order valence-corrected chi connectivity index (χ0v) is 12.4. The third kappa shape index (κ3) is 2.56. The molecule has 18 heavy (non-hydrogen) atoms. The molecule has 1 aromatic carbocycles. The zero-order chi connectivity index (χ0) is 11.7. The lowest BCUT2D eigenvalue weighted by Gasteiger charge is -1.99. The van der Waals surface area contributed by atoms with Gasteiger partial charge in [0.15, 0.2) is 12.4 Å². The van der Waals surface area contributed by atoms with Crippen molar-refractivity contribution < 1.29 is 28.5 Å². The van der Waals surface area contributed by atoms with Crippen LogP contribution < -0.4 is 28.5 Å². The number of nitrogens with one attached hydrogen (secondary N) is 1. The van der Waals surface area contributed by atoms with Crippen molar-refractivity contribution in [2.45, 2.75) is 6.42 Å². The molecule has 0 aliphatic carbocycles. The molecule has 0 unspecified atom stereocenters. The second-order valence-corrected chi connectivity index (χ2v) is 4.41. The van der Waals surface area contributed by atoms with Crippen LogP contribution in [-0.4, -0.2) is 4.98 Å². The smallest absolute Gasteiger partial charge is 0.168 e. The maximum atomic E-state index is 3.31. The number of halogens is 1. The summed E-state index contributed by atoms with van der Waals surface area (Å²) in [6, 6.07) is 12.8. The molecule has 0 saturated heterocycles. The molecule has 0 fully saturated rings. The molecule has 92 valence electrons. The minimum Gasteiger partial charge on any atom is -1.00 e. The number of hydrogen-bond acceptors (Lipinski definition) is 0. The van der Waals surface area contributed by atoms with Crippen molar-refractivity contribution in [3.05, 3.63) is 66.1 Å². The van der Waals surface area contributed by atoms with Gasteiger partial charge in [-0.3, -0.25) is 0 Å². The van der Waals surface area contributed by atoms with Crippen molar-refractivity contribution in [2.24, 2.45) is 7.05 Å². The monoisotopic (exact) mass is 350 g/mol. The van der Waals surface area contributed by atoms with Crippen LogP contribution in [0.4, 0.5) is 0 Å². The summed E-state index contributed by atoms with van der Waals surface area (Å²) in [5, 5.41) is 1.32. The first kappa shape index (κ1) is 13.1. The van der Waals surface area contributed by atoms with Gasteiger partial charge < -0.3 is 29.0 Å². The molecule has 0 aliphatic rings. The molecule has 3 heteroatoms. The van der Waals surface area contributed by atoms with E-state index in [4.69, 9.17) is 0 Å².